The summed E-state index contributed by atoms with van der Waals surface area (Å²) in [6.45, 7) is 4.77. The number of imide groups is 2. The van der Waals surface area contributed by atoms with E-state index in [1.54, 1.807) is 42.5 Å². The molecule has 4 amide bonds. The van der Waals surface area contributed by atoms with Gasteiger partial charge in [0.25, 0.3) is 11.8 Å². The number of anilines is 1. The number of benzene rings is 2. The third-order valence-corrected chi connectivity index (χ3v) is 4.48. The van der Waals surface area contributed by atoms with Gasteiger partial charge < -0.3 is 9.47 Å². The topological polar surface area (TPSA) is 84.9 Å². The van der Waals surface area contributed by atoms with Gasteiger partial charge in [-0.05, 0) is 61.9 Å². The first kappa shape index (κ1) is 21.4. The number of ether oxygens (including phenoxy) is 2. The highest BCUT2D eigenvalue weighted by Crippen LogP contribution is 2.28. The van der Waals surface area contributed by atoms with Crippen molar-refractivity contribution in [2.24, 2.45) is 0 Å². The maximum absolute atomic E-state index is 13.0. The fourth-order valence-corrected chi connectivity index (χ4v) is 3.06. The molecule has 0 saturated carbocycles. The van der Waals surface area contributed by atoms with Crippen LogP contribution in [0.3, 0.4) is 0 Å². The Kier molecular flexibility index (Phi) is 6.74. The van der Waals surface area contributed by atoms with Crippen molar-refractivity contribution in [2.45, 2.75) is 20.3 Å². The number of rotatable bonds is 7. The molecule has 7 nitrogen and oxygen atoms in total. The molecule has 1 saturated heterocycles. The SMILES string of the molecule is CCCOc1ccc(N2C(=O)NC(=O)/C(=C/c3cc(Cl)ccc3OCC)C2=O)cc1. The van der Waals surface area contributed by atoms with Crippen LogP contribution in [0.1, 0.15) is 25.8 Å². The summed E-state index contributed by atoms with van der Waals surface area (Å²) in [4.78, 5) is 38.7. The lowest BCUT2D eigenvalue weighted by Crippen LogP contribution is -2.54. The van der Waals surface area contributed by atoms with E-state index in [2.05, 4.69) is 5.32 Å². The summed E-state index contributed by atoms with van der Waals surface area (Å²) in [7, 11) is 0. The highest BCUT2D eigenvalue weighted by molar-refractivity contribution is 6.39. The highest BCUT2D eigenvalue weighted by Gasteiger charge is 2.37. The van der Waals surface area contributed by atoms with Crippen molar-refractivity contribution >= 4 is 41.2 Å². The number of carbonyl (C=O) groups is 3. The van der Waals surface area contributed by atoms with E-state index in [0.29, 0.717) is 41.0 Å². The fraction of sp³-hybridized carbons (Fsp3) is 0.227. The van der Waals surface area contributed by atoms with E-state index in [0.717, 1.165) is 11.3 Å². The Labute approximate surface area is 179 Å². The third kappa shape index (κ3) is 4.63. The van der Waals surface area contributed by atoms with Crippen molar-refractivity contribution in [3.05, 3.63) is 58.6 Å². The zero-order valence-corrected chi connectivity index (χ0v) is 17.4. The molecule has 8 heteroatoms. The molecule has 0 bridgehead atoms. The smallest absolute Gasteiger partial charge is 0.335 e. The number of amides is 4. The van der Waals surface area contributed by atoms with Crippen molar-refractivity contribution in [3.8, 4) is 11.5 Å². The van der Waals surface area contributed by atoms with Crippen molar-refractivity contribution in [1.82, 2.24) is 5.32 Å². The van der Waals surface area contributed by atoms with E-state index in [1.807, 2.05) is 13.8 Å². The van der Waals surface area contributed by atoms with E-state index < -0.39 is 17.8 Å². The molecule has 1 fully saturated rings. The highest BCUT2D eigenvalue weighted by atomic mass is 35.5. The summed E-state index contributed by atoms with van der Waals surface area (Å²) in [5.41, 5.74) is 0.570. The predicted molar refractivity (Wildman–Crippen MR) is 114 cm³/mol. The maximum atomic E-state index is 13.0. The average Bonchev–Trinajstić information content (AvgIpc) is 2.72. The summed E-state index contributed by atoms with van der Waals surface area (Å²) >= 11 is 6.06. The number of halogens is 1. The monoisotopic (exact) mass is 428 g/mol. The Morgan fingerprint density at radius 1 is 1.03 bits per heavy atom. The first-order chi connectivity index (χ1) is 14.4. The third-order valence-electron chi connectivity index (χ3n) is 4.24. The molecule has 0 unspecified atom stereocenters. The molecule has 0 radical (unpaired) electrons. The molecule has 0 spiro atoms. The number of hydrogen-bond acceptors (Lipinski definition) is 5. The van der Waals surface area contributed by atoms with Gasteiger partial charge in [0.15, 0.2) is 0 Å². The number of urea groups is 1. The van der Waals surface area contributed by atoms with Gasteiger partial charge in [0.2, 0.25) is 0 Å². The van der Waals surface area contributed by atoms with E-state index in [1.165, 1.54) is 6.08 Å². The van der Waals surface area contributed by atoms with Gasteiger partial charge in [-0.2, -0.15) is 0 Å². The second-order valence-corrected chi connectivity index (χ2v) is 6.85. The molecule has 2 aromatic rings. The Bertz CT molecular complexity index is 1000. The lowest BCUT2D eigenvalue weighted by Gasteiger charge is -2.26. The molecular formula is C22H21ClN2O5. The maximum Gasteiger partial charge on any atom is 0.335 e. The zero-order chi connectivity index (χ0) is 21.7. The number of hydrogen-bond donors (Lipinski definition) is 1. The fourth-order valence-electron chi connectivity index (χ4n) is 2.88. The van der Waals surface area contributed by atoms with Crippen LogP contribution in [-0.4, -0.2) is 31.1 Å². The molecule has 0 aliphatic carbocycles. The second kappa shape index (κ2) is 9.45. The quantitative estimate of drug-likeness (QED) is 0.528. The van der Waals surface area contributed by atoms with Crippen molar-refractivity contribution in [2.75, 3.05) is 18.1 Å². The summed E-state index contributed by atoms with van der Waals surface area (Å²) in [5.74, 6) is -0.437. The molecular weight excluding hydrogens is 408 g/mol. The van der Waals surface area contributed by atoms with Crippen LogP contribution >= 0.6 is 11.6 Å². The van der Waals surface area contributed by atoms with Gasteiger partial charge >= 0.3 is 6.03 Å². The largest absolute Gasteiger partial charge is 0.494 e. The Hall–Kier alpha value is -3.32. The number of nitrogens with one attached hydrogen (secondary N) is 1. The lowest BCUT2D eigenvalue weighted by atomic mass is 10.1. The molecule has 156 valence electrons. The minimum atomic E-state index is -0.819. The van der Waals surface area contributed by atoms with Crippen molar-refractivity contribution in [1.29, 1.82) is 0 Å². The summed E-state index contributed by atoms with van der Waals surface area (Å²) in [6, 6.07) is 10.6. The predicted octanol–water partition coefficient (Wildman–Crippen LogP) is 4.19. The molecule has 1 heterocycles. The van der Waals surface area contributed by atoms with Crippen LogP contribution in [0.2, 0.25) is 5.02 Å². The molecule has 1 aliphatic heterocycles. The Morgan fingerprint density at radius 2 is 1.77 bits per heavy atom. The van der Waals surface area contributed by atoms with E-state index in [9.17, 15) is 14.4 Å². The van der Waals surface area contributed by atoms with Crippen LogP contribution in [0.15, 0.2) is 48.0 Å². The first-order valence-corrected chi connectivity index (χ1v) is 9.89. The first-order valence-electron chi connectivity index (χ1n) is 9.51. The molecule has 0 aromatic heterocycles. The summed E-state index contributed by atoms with van der Waals surface area (Å²) < 4.78 is 11.1. The minimum absolute atomic E-state index is 0.205. The van der Waals surface area contributed by atoms with E-state index in [-0.39, 0.29) is 5.57 Å². The standard InChI is InChI=1S/C22H21ClN2O5/c1-3-11-30-17-8-6-16(7-9-17)25-21(27)18(20(26)24-22(25)28)13-14-12-15(23)5-10-19(14)29-4-2/h5-10,12-13H,3-4,11H2,1-2H3,(H,24,26,28)/b18-13-. The zero-order valence-electron chi connectivity index (χ0n) is 16.6. The molecule has 30 heavy (non-hydrogen) atoms. The van der Waals surface area contributed by atoms with Crippen LogP contribution in [0.5, 0.6) is 11.5 Å². The molecule has 2 aromatic carbocycles. The van der Waals surface area contributed by atoms with Crippen molar-refractivity contribution < 1.29 is 23.9 Å². The van der Waals surface area contributed by atoms with Crippen LogP contribution in [0.4, 0.5) is 10.5 Å². The molecule has 0 atom stereocenters. The normalized spacial score (nSPS) is 15.4. The lowest BCUT2D eigenvalue weighted by molar-refractivity contribution is -0.122. The van der Waals surface area contributed by atoms with Crippen LogP contribution in [0.25, 0.3) is 6.08 Å². The van der Waals surface area contributed by atoms with Gasteiger partial charge in [-0.3, -0.25) is 14.9 Å². The summed E-state index contributed by atoms with van der Waals surface area (Å²) in [5, 5.41) is 2.62. The average molecular weight is 429 g/mol. The van der Waals surface area contributed by atoms with E-state index in [4.69, 9.17) is 21.1 Å². The van der Waals surface area contributed by atoms with Crippen LogP contribution in [-0.2, 0) is 9.59 Å². The summed E-state index contributed by atoms with van der Waals surface area (Å²) in [6.07, 6.45) is 2.23. The Balaban J connectivity index is 1.95. The van der Waals surface area contributed by atoms with E-state index >= 15 is 0 Å². The van der Waals surface area contributed by atoms with Crippen LogP contribution < -0.4 is 19.7 Å². The number of barbiturate groups is 1. The van der Waals surface area contributed by atoms with Gasteiger partial charge in [0.1, 0.15) is 17.1 Å². The minimum Gasteiger partial charge on any atom is -0.494 e. The van der Waals surface area contributed by atoms with Gasteiger partial charge in [-0.25, -0.2) is 9.69 Å². The number of carbonyl (C=O) groups excluding carboxylic acids is 3. The van der Waals surface area contributed by atoms with Crippen LogP contribution in [0, 0.1) is 0 Å². The second-order valence-electron chi connectivity index (χ2n) is 6.42. The number of nitrogens with zero attached hydrogens (tertiary/aromatic N) is 1. The van der Waals surface area contributed by atoms with Gasteiger partial charge in [-0.1, -0.05) is 18.5 Å². The Morgan fingerprint density at radius 3 is 2.43 bits per heavy atom. The molecule has 1 N–H and O–H groups in total. The molecule has 1 aliphatic rings. The molecule has 3 rings (SSSR count). The van der Waals surface area contributed by atoms with Crippen molar-refractivity contribution in [3.63, 3.8) is 0 Å². The van der Waals surface area contributed by atoms with Gasteiger partial charge in [-0.15, -0.1) is 0 Å². The van der Waals surface area contributed by atoms with Gasteiger partial charge in [0.05, 0.1) is 18.9 Å². The van der Waals surface area contributed by atoms with Gasteiger partial charge in [0, 0.05) is 10.6 Å².